The molecule has 2 aliphatic heterocycles. The fourth-order valence-corrected chi connectivity index (χ4v) is 5.47. The molecule has 2 saturated heterocycles. The number of aromatic nitrogens is 3. The highest BCUT2D eigenvalue weighted by Gasteiger charge is 2.55. The zero-order valence-corrected chi connectivity index (χ0v) is 17.8. The van der Waals surface area contributed by atoms with E-state index in [-0.39, 0.29) is 0 Å². The average molecular weight is 402 g/mol. The number of rotatable bonds is 7. The summed E-state index contributed by atoms with van der Waals surface area (Å²) in [7, 11) is 2.08. The summed E-state index contributed by atoms with van der Waals surface area (Å²) in [5.41, 5.74) is 3.15. The lowest BCUT2D eigenvalue weighted by atomic mass is 9.71. The second-order valence-corrected chi connectivity index (χ2v) is 9.17. The number of benzene rings is 2. The van der Waals surface area contributed by atoms with E-state index in [1.54, 1.807) is 0 Å². The lowest BCUT2D eigenvalue weighted by Gasteiger charge is -2.51. The first-order valence-corrected chi connectivity index (χ1v) is 11.1. The molecule has 2 aliphatic rings. The van der Waals surface area contributed by atoms with Crippen LogP contribution in [0.1, 0.15) is 29.3 Å². The van der Waals surface area contributed by atoms with Crippen molar-refractivity contribution >= 4 is 0 Å². The van der Waals surface area contributed by atoms with Crippen molar-refractivity contribution in [1.29, 1.82) is 0 Å². The average Bonchev–Trinajstić information content (AvgIpc) is 3.32. The summed E-state index contributed by atoms with van der Waals surface area (Å²) in [6, 6.07) is 21.7. The van der Waals surface area contributed by atoms with Gasteiger partial charge in [0, 0.05) is 51.1 Å². The van der Waals surface area contributed by atoms with E-state index in [0.717, 1.165) is 31.9 Å². The zero-order valence-electron chi connectivity index (χ0n) is 17.8. The molecule has 3 heterocycles. The van der Waals surface area contributed by atoms with E-state index in [1.165, 1.54) is 37.2 Å². The van der Waals surface area contributed by atoms with Crippen LogP contribution in [0.2, 0.25) is 0 Å². The summed E-state index contributed by atoms with van der Waals surface area (Å²) in [4.78, 5) is 5.26. The molecule has 0 N–H and O–H groups in total. The van der Waals surface area contributed by atoms with Gasteiger partial charge >= 0.3 is 0 Å². The standard InChI is InChI=1S/C25H31N5/c1-28-20-26-27-24(28)23-16-30(15-22-11-6-3-7-12-22)19-25(23)17-29(18-25)14-8-13-21-9-4-2-5-10-21/h2-7,9-12,20,23H,8,13-19H2,1H3. The SMILES string of the molecule is Cn1cnnc1C1CN(Cc2ccccc2)CC12CN(CCCc1ccccc1)C2. The van der Waals surface area contributed by atoms with Crippen LogP contribution in [0, 0.1) is 5.41 Å². The van der Waals surface area contributed by atoms with Crippen LogP contribution >= 0.6 is 0 Å². The number of hydrogen-bond acceptors (Lipinski definition) is 4. The van der Waals surface area contributed by atoms with E-state index >= 15 is 0 Å². The molecular weight excluding hydrogens is 370 g/mol. The van der Waals surface area contributed by atoms with Crippen LogP contribution in [0.4, 0.5) is 0 Å². The Hall–Kier alpha value is -2.50. The first-order valence-electron chi connectivity index (χ1n) is 11.1. The Morgan fingerprint density at radius 1 is 0.900 bits per heavy atom. The number of aryl methyl sites for hydroxylation is 2. The van der Waals surface area contributed by atoms with Crippen LogP contribution in [-0.4, -0.2) is 57.3 Å². The molecule has 2 aromatic carbocycles. The molecule has 0 amide bonds. The first-order chi connectivity index (χ1) is 14.7. The van der Waals surface area contributed by atoms with Crippen molar-refractivity contribution in [2.24, 2.45) is 12.5 Å². The third-order valence-electron chi connectivity index (χ3n) is 6.89. The Kier molecular flexibility index (Phi) is 5.40. The topological polar surface area (TPSA) is 37.2 Å². The molecular formula is C25H31N5. The minimum Gasteiger partial charge on any atom is -0.320 e. The van der Waals surface area contributed by atoms with E-state index in [9.17, 15) is 0 Å². The number of nitrogens with zero attached hydrogens (tertiary/aromatic N) is 5. The predicted molar refractivity (Wildman–Crippen MR) is 119 cm³/mol. The summed E-state index contributed by atoms with van der Waals surface area (Å²) < 4.78 is 2.12. The van der Waals surface area contributed by atoms with E-state index in [1.807, 2.05) is 6.33 Å². The van der Waals surface area contributed by atoms with Crippen LogP contribution in [-0.2, 0) is 20.0 Å². The third kappa shape index (κ3) is 3.92. The minimum atomic E-state index is 0.308. The Morgan fingerprint density at radius 3 is 2.23 bits per heavy atom. The molecule has 1 aromatic heterocycles. The Morgan fingerprint density at radius 2 is 1.57 bits per heavy atom. The molecule has 0 saturated carbocycles. The van der Waals surface area contributed by atoms with Crippen LogP contribution in [0.15, 0.2) is 67.0 Å². The maximum absolute atomic E-state index is 4.51. The van der Waals surface area contributed by atoms with Crippen molar-refractivity contribution in [3.63, 3.8) is 0 Å². The molecule has 1 atom stereocenters. The van der Waals surface area contributed by atoms with E-state index in [0.29, 0.717) is 11.3 Å². The van der Waals surface area contributed by atoms with Crippen molar-refractivity contribution in [2.75, 3.05) is 32.7 Å². The van der Waals surface area contributed by atoms with Gasteiger partial charge in [0.15, 0.2) is 0 Å². The summed E-state index contributed by atoms with van der Waals surface area (Å²) in [5.74, 6) is 1.61. The molecule has 0 bridgehead atoms. The van der Waals surface area contributed by atoms with Gasteiger partial charge in [0.1, 0.15) is 12.2 Å². The lowest BCUT2D eigenvalue weighted by molar-refractivity contribution is -0.00593. The van der Waals surface area contributed by atoms with Crippen molar-refractivity contribution in [3.05, 3.63) is 83.9 Å². The van der Waals surface area contributed by atoms with Crippen molar-refractivity contribution in [3.8, 4) is 0 Å². The zero-order chi connectivity index (χ0) is 20.4. The van der Waals surface area contributed by atoms with Gasteiger partial charge in [-0.3, -0.25) is 4.90 Å². The Balaban J connectivity index is 1.23. The van der Waals surface area contributed by atoms with Crippen molar-refractivity contribution in [1.82, 2.24) is 24.6 Å². The number of hydrogen-bond donors (Lipinski definition) is 0. The second-order valence-electron chi connectivity index (χ2n) is 9.17. The third-order valence-corrected chi connectivity index (χ3v) is 6.89. The Bertz CT molecular complexity index is 946. The monoisotopic (exact) mass is 401 g/mol. The van der Waals surface area contributed by atoms with Gasteiger partial charge in [-0.05, 0) is 30.5 Å². The summed E-state index contributed by atoms with van der Waals surface area (Å²) in [5, 5.41) is 8.69. The van der Waals surface area contributed by atoms with Gasteiger partial charge in [0.2, 0.25) is 0 Å². The summed E-state index contributed by atoms with van der Waals surface area (Å²) in [6.45, 7) is 6.76. The lowest BCUT2D eigenvalue weighted by Crippen LogP contribution is -2.60. The molecule has 5 nitrogen and oxygen atoms in total. The summed E-state index contributed by atoms with van der Waals surface area (Å²) in [6.07, 6.45) is 4.23. The smallest absolute Gasteiger partial charge is 0.137 e. The largest absolute Gasteiger partial charge is 0.320 e. The van der Waals surface area contributed by atoms with Gasteiger partial charge in [-0.25, -0.2) is 0 Å². The van der Waals surface area contributed by atoms with Gasteiger partial charge in [-0.2, -0.15) is 0 Å². The molecule has 1 unspecified atom stereocenters. The van der Waals surface area contributed by atoms with Crippen molar-refractivity contribution < 1.29 is 0 Å². The number of likely N-dealkylation sites (tertiary alicyclic amines) is 2. The van der Waals surface area contributed by atoms with Gasteiger partial charge in [-0.1, -0.05) is 60.7 Å². The highest BCUT2D eigenvalue weighted by molar-refractivity contribution is 5.20. The molecule has 156 valence electrons. The minimum absolute atomic E-state index is 0.308. The van der Waals surface area contributed by atoms with Crippen LogP contribution in [0.3, 0.4) is 0 Å². The maximum atomic E-state index is 4.51. The summed E-state index contributed by atoms with van der Waals surface area (Å²) >= 11 is 0. The van der Waals surface area contributed by atoms with Crippen molar-refractivity contribution in [2.45, 2.75) is 25.3 Å². The first kappa shape index (κ1) is 19.5. The van der Waals surface area contributed by atoms with E-state index in [2.05, 4.69) is 92.3 Å². The van der Waals surface area contributed by atoms with Crippen LogP contribution in [0.5, 0.6) is 0 Å². The fourth-order valence-electron chi connectivity index (χ4n) is 5.47. The molecule has 0 radical (unpaired) electrons. The van der Waals surface area contributed by atoms with Gasteiger partial charge in [0.05, 0.1) is 0 Å². The fraction of sp³-hybridized carbons (Fsp3) is 0.440. The van der Waals surface area contributed by atoms with E-state index < -0.39 is 0 Å². The highest BCUT2D eigenvalue weighted by Crippen LogP contribution is 2.48. The van der Waals surface area contributed by atoms with Gasteiger partial charge < -0.3 is 9.47 Å². The molecule has 1 spiro atoms. The predicted octanol–water partition coefficient (Wildman–Crippen LogP) is 3.35. The maximum Gasteiger partial charge on any atom is 0.137 e. The normalized spacial score (nSPS) is 21.2. The molecule has 2 fully saturated rings. The molecule has 30 heavy (non-hydrogen) atoms. The van der Waals surface area contributed by atoms with Gasteiger partial charge in [0.25, 0.3) is 0 Å². The molecule has 5 heteroatoms. The Labute approximate surface area is 179 Å². The molecule has 5 rings (SSSR count). The second kappa shape index (κ2) is 8.32. The van der Waals surface area contributed by atoms with Crippen LogP contribution < -0.4 is 0 Å². The quantitative estimate of drug-likeness (QED) is 0.608. The highest BCUT2D eigenvalue weighted by atomic mass is 15.3. The molecule has 3 aromatic rings. The van der Waals surface area contributed by atoms with E-state index in [4.69, 9.17) is 0 Å². The molecule has 0 aliphatic carbocycles. The van der Waals surface area contributed by atoms with Crippen LogP contribution in [0.25, 0.3) is 0 Å². The van der Waals surface area contributed by atoms with Gasteiger partial charge in [-0.15, -0.1) is 10.2 Å².